The molecule has 7 nitrogen and oxygen atoms in total. The standard InChI is InChI=1S/C7H10N4O3/c1-3-8-7(12)6-5(11(13)14)4-9-10(6)2/h4H,3H2,1-2H3,(H,8,12). The molecule has 1 aromatic rings. The van der Waals surface area contributed by atoms with E-state index in [-0.39, 0.29) is 11.4 Å². The topological polar surface area (TPSA) is 90.1 Å². The molecule has 0 saturated heterocycles. The summed E-state index contributed by atoms with van der Waals surface area (Å²) in [5, 5.41) is 16.7. The zero-order valence-corrected chi connectivity index (χ0v) is 7.85. The average Bonchev–Trinajstić information content (AvgIpc) is 2.47. The molecule has 0 fully saturated rings. The summed E-state index contributed by atoms with van der Waals surface area (Å²) >= 11 is 0. The van der Waals surface area contributed by atoms with Crippen LogP contribution in [-0.4, -0.2) is 27.2 Å². The molecule has 0 atom stereocenters. The van der Waals surface area contributed by atoms with Crippen molar-refractivity contribution in [2.75, 3.05) is 6.54 Å². The Morgan fingerprint density at radius 2 is 2.43 bits per heavy atom. The molecule has 0 aliphatic rings. The Bertz CT molecular complexity index is 371. The Hall–Kier alpha value is -1.92. The second-order valence-electron chi connectivity index (χ2n) is 2.62. The first kappa shape index (κ1) is 10.2. The monoisotopic (exact) mass is 198 g/mol. The smallest absolute Gasteiger partial charge is 0.320 e. The van der Waals surface area contributed by atoms with Gasteiger partial charge in [0.1, 0.15) is 6.20 Å². The lowest BCUT2D eigenvalue weighted by atomic mass is 10.3. The first-order valence-corrected chi connectivity index (χ1v) is 4.02. The van der Waals surface area contributed by atoms with Crippen molar-refractivity contribution in [1.29, 1.82) is 0 Å². The molecule has 1 amide bonds. The number of hydrogen-bond donors (Lipinski definition) is 1. The molecule has 0 radical (unpaired) electrons. The van der Waals surface area contributed by atoms with E-state index in [1.807, 2.05) is 0 Å². The van der Waals surface area contributed by atoms with Crippen molar-refractivity contribution >= 4 is 11.6 Å². The van der Waals surface area contributed by atoms with Gasteiger partial charge in [0.2, 0.25) is 5.69 Å². The van der Waals surface area contributed by atoms with Crippen LogP contribution in [-0.2, 0) is 7.05 Å². The normalized spacial score (nSPS) is 9.86. The molecule has 0 aliphatic heterocycles. The van der Waals surface area contributed by atoms with Crippen molar-refractivity contribution in [2.24, 2.45) is 7.05 Å². The van der Waals surface area contributed by atoms with E-state index in [9.17, 15) is 14.9 Å². The highest BCUT2D eigenvalue weighted by molar-refractivity contribution is 5.96. The molecule has 14 heavy (non-hydrogen) atoms. The first-order valence-electron chi connectivity index (χ1n) is 4.02. The molecule has 0 unspecified atom stereocenters. The molecular formula is C7H10N4O3. The van der Waals surface area contributed by atoms with Gasteiger partial charge in [-0.25, -0.2) is 0 Å². The molecule has 1 aromatic heterocycles. The van der Waals surface area contributed by atoms with Gasteiger partial charge in [-0.1, -0.05) is 0 Å². The van der Waals surface area contributed by atoms with Crippen LogP contribution in [0.3, 0.4) is 0 Å². The molecule has 1 heterocycles. The summed E-state index contributed by atoms with van der Waals surface area (Å²) in [5.74, 6) is -0.487. The van der Waals surface area contributed by atoms with Crippen molar-refractivity contribution in [1.82, 2.24) is 15.1 Å². The highest BCUT2D eigenvalue weighted by Crippen LogP contribution is 2.16. The third-order valence-corrected chi connectivity index (χ3v) is 1.67. The van der Waals surface area contributed by atoms with Crippen LogP contribution in [0.1, 0.15) is 17.4 Å². The molecular weight excluding hydrogens is 188 g/mol. The van der Waals surface area contributed by atoms with Crippen LogP contribution in [0.15, 0.2) is 6.20 Å². The lowest BCUT2D eigenvalue weighted by Gasteiger charge is -2.01. The summed E-state index contributed by atoms with van der Waals surface area (Å²) in [5.41, 5.74) is -0.310. The van der Waals surface area contributed by atoms with Gasteiger partial charge >= 0.3 is 5.69 Å². The number of nitrogens with zero attached hydrogens (tertiary/aromatic N) is 3. The van der Waals surface area contributed by atoms with E-state index in [0.717, 1.165) is 6.20 Å². The van der Waals surface area contributed by atoms with Crippen LogP contribution in [0.5, 0.6) is 0 Å². The van der Waals surface area contributed by atoms with Gasteiger partial charge in [0, 0.05) is 13.6 Å². The van der Waals surface area contributed by atoms with Crippen LogP contribution in [0.4, 0.5) is 5.69 Å². The highest BCUT2D eigenvalue weighted by atomic mass is 16.6. The maximum Gasteiger partial charge on any atom is 0.320 e. The summed E-state index contributed by atoms with van der Waals surface area (Å²) in [7, 11) is 1.48. The molecule has 0 aromatic carbocycles. The number of nitro groups is 1. The number of hydrogen-bond acceptors (Lipinski definition) is 4. The zero-order valence-electron chi connectivity index (χ0n) is 7.85. The molecule has 0 bridgehead atoms. The Labute approximate surface area is 79.9 Å². The number of amides is 1. The number of carbonyl (C=O) groups is 1. The molecule has 76 valence electrons. The molecule has 0 saturated carbocycles. The number of rotatable bonds is 3. The maximum atomic E-state index is 11.4. The minimum atomic E-state index is -0.627. The molecule has 0 aliphatic carbocycles. The lowest BCUT2D eigenvalue weighted by Crippen LogP contribution is -2.25. The second kappa shape index (κ2) is 3.86. The Morgan fingerprint density at radius 3 is 2.93 bits per heavy atom. The van der Waals surface area contributed by atoms with E-state index in [0.29, 0.717) is 6.54 Å². The van der Waals surface area contributed by atoms with Crippen molar-refractivity contribution in [3.63, 3.8) is 0 Å². The third-order valence-electron chi connectivity index (χ3n) is 1.67. The summed E-state index contributed by atoms with van der Waals surface area (Å²) in [4.78, 5) is 21.3. The Kier molecular flexibility index (Phi) is 2.80. The van der Waals surface area contributed by atoms with E-state index in [1.165, 1.54) is 11.7 Å². The Balaban J connectivity index is 3.11. The van der Waals surface area contributed by atoms with Gasteiger partial charge in [-0.2, -0.15) is 5.10 Å². The summed E-state index contributed by atoms with van der Waals surface area (Å²) in [6.07, 6.45) is 1.06. The second-order valence-corrected chi connectivity index (χ2v) is 2.62. The van der Waals surface area contributed by atoms with Gasteiger partial charge in [0.05, 0.1) is 4.92 Å². The minimum Gasteiger partial charge on any atom is -0.351 e. The Morgan fingerprint density at radius 1 is 1.79 bits per heavy atom. The quantitative estimate of drug-likeness (QED) is 0.550. The fourth-order valence-electron chi connectivity index (χ4n) is 1.07. The number of carbonyl (C=O) groups excluding carboxylic acids is 1. The zero-order chi connectivity index (χ0) is 10.7. The van der Waals surface area contributed by atoms with Crippen molar-refractivity contribution in [3.05, 3.63) is 22.0 Å². The van der Waals surface area contributed by atoms with Crippen LogP contribution in [0.25, 0.3) is 0 Å². The van der Waals surface area contributed by atoms with Crippen LogP contribution < -0.4 is 5.32 Å². The van der Waals surface area contributed by atoms with Gasteiger partial charge in [-0.05, 0) is 6.92 Å². The van der Waals surface area contributed by atoms with Crippen LogP contribution in [0, 0.1) is 10.1 Å². The van der Waals surface area contributed by atoms with E-state index >= 15 is 0 Å². The number of aryl methyl sites for hydroxylation is 1. The molecule has 1 N–H and O–H groups in total. The van der Waals surface area contributed by atoms with E-state index < -0.39 is 10.8 Å². The van der Waals surface area contributed by atoms with Crippen molar-refractivity contribution in [3.8, 4) is 0 Å². The fraction of sp³-hybridized carbons (Fsp3) is 0.429. The number of nitrogens with one attached hydrogen (secondary N) is 1. The van der Waals surface area contributed by atoms with E-state index in [1.54, 1.807) is 6.92 Å². The highest BCUT2D eigenvalue weighted by Gasteiger charge is 2.24. The SMILES string of the molecule is CCNC(=O)c1c([N+](=O)[O-])cnn1C. The van der Waals surface area contributed by atoms with Crippen molar-refractivity contribution in [2.45, 2.75) is 6.92 Å². The van der Waals surface area contributed by atoms with Crippen molar-refractivity contribution < 1.29 is 9.72 Å². The lowest BCUT2D eigenvalue weighted by molar-refractivity contribution is -0.385. The average molecular weight is 198 g/mol. The predicted octanol–water partition coefficient (Wildman–Crippen LogP) is 0.0780. The van der Waals surface area contributed by atoms with E-state index in [4.69, 9.17) is 0 Å². The molecule has 1 rings (SSSR count). The maximum absolute atomic E-state index is 11.4. The van der Waals surface area contributed by atoms with Gasteiger partial charge in [-0.15, -0.1) is 0 Å². The molecule has 0 spiro atoms. The predicted molar refractivity (Wildman–Crippen MR) is 47.9 cm³/mol. The van der Waals surface area contributed by atoms with Gasteiger partial charge in [-0.3, -0.25) is 19.6 Å². The van der Waals surface area contributed by atoms with Crippen LogP contribution >= 0.6 is 0 Å². The molecule has 7 heteroatoms. The van der Waals surface area contributed by atoms with E-state index in [2.05, 4.69) is 10.4 Å². The van der Waals surface area contributed by atoms with Gasteiger partial charge < -0.3 is 5.32 Å². The van der Waals surface area contributed by atoms with Gasteiger partial charge in [0.15, 0.2) is 0 Å². The largest absolute Gasteiger partial charge is 0.351 e. The first-order chi connectivity index (χ1) is 6.57. The summed E-state index contributed by atoms with van der Waals surface area (Å²) in [6.45, 7) is 2.15. The van der Waals surface area contributed by atoms with Gasteiger partial charge in [0.25, 0.3) is 5.91 Å². The fourth-order valence-corrected chi connectivity index (χ4v) is 1.07. The number of aromatic nitrogens is 2. The summed E-state index contributed by atoms with van der Waals surface area (Å²) < 4.78 is 1.18. The summed E-state index contributed by atoms with van der Waals surface area (Å²) in [6, 6.07) is 0. The van der Waals surface area contributed by atoms with Crippen LogP contribution in [0.2, 0.25) is 0 Å². The minimum absolute atomic E-state index is 0.0307. The third kappa shape index (κ3) is 1.70.